The van der Waals surface area contributed by atoms with Crippen molar-refractivity contribution in [1.29, 1.82) is 0 Å². The van der Waals surface area contributed by atoms with Crippen LogP contribution in [0.3, 0.4) is 0 Å². The Kier molecular flexibility index (Phi) is 4.48. The van der Waals surface area contributed by atoms with Crippen LogP contribution in [0.5, 0.6) is 0 Å². The van der Waals surface area contributed by atoms with Crippen molar-refractivity contribution in [2.24, 2.45) is 0 Å². The molecule has 0 aliphatic carbocycles. The molecule has 5 nitrogen and oxygen atoms in total. The molecule has 114 valence electrons. The second-order valence-electron chi connectivity index (χ2n) is 5.00. The average Bonchev–Trinajstić information content (AvgIpc) is 3.18. The number of amides is 2. The van der Waals surface area contributed by atoms with Gasteiger partial charge < -0.3 is 14.6 Å². The fraction of sp³-hybridized carbons (Fsp3) is 0.250. The van der Waals surface area contributed by atoms with Crippen LogP contribution in [0, 0.1) is 0 Å². The lowest BCUT2D eigenvalue weighted by Gasteiger charge is -2.20. The zero-order valence-electron chi connectivity index (χ0n) is 11.9. The van der Waals surface area contributed by atoms with Crippen LogP contribution in [0.25, 0.3) is 0 Å². The van der Waals surface area contributed by atoms with E-state index in [0.717, 1.165) is 5.56 Å². The van der Waals surface area contributed by atoms with Gasteiger partial charge in [0.2, 0.25) is 11.8 Å². The van der Waals surface area contributed by atoms with E-state index in [-0.39, 0.29) is 24.4 Å². The number of hydrogen-bond acceptors (Lipinski definition) is 4. The molecule has 0 spiro atoms. The molecule has 2 amide bonds. The highest BCUT2D eigenvalue weighted by Crippen LogP contribution is 2.22. The minimum absolute atomic E-state index is 0.00871. The van der Waals surface area contributed by atoms with Gasteiger partial charge in [-0.25, -0.2) is 0 Å². The first-order valence-electron chi connectivity index (χ1n) is 6.97. The highest BCUT2D eigenvalue weighted by Gasteiger charge is 2.25. The lowest BCUT2D eigenvalue weighted by Crippen LogP contribution is -2.39. The van der Waals surface area contributed by atoms with Crippen LogP contribution in [0.15, 0.2) is 53.1 Å². The maximum atomic E-state index is 12.3. The quantitative estimate of drug-likeness (QED) is 0.917. The molecule has 1 fully saturated rings. The molecule has 6 heteroatoms. The second-order valence-corrected chi connectivity index (χ2v) is 5.95. The Morgan fingerprint density at radius 2 is 2.09 bits per heavy atom. The lowest BCUT2D eigenvalue weighted by atomic mass is 10.0. The van der Waals surface area contributed by atoms with Gasteiger partial charge in [0.05, 0.1) is 17.9 Å². The molecule has 0 saturated carbocycles. The van der Waals surface area contributed by atoms with E-state index in [0.29, 0.717) is 17.4 Å². The summed E-state index contributed by atoms with van der Waals surface area (Å²) in [6, 6.07) is 12.9. The van der Waals surface area contributed by atoms with Crippen molar-refractivity contribution < 1.29 is 14.0 Å². The summed E-state index contributed by atoms with van der Waals surface area (Å²) in [6.45, 7) is 0.0792. The van der Waals surface area contributed by atoms with E-state index in [1.165, 1.54) is 11.8 Å². The van der Waals surface area contributed by atoms with E-state index in [9.17, 15) is 9.59 Å². The van der Waals surface area contributed by atoms with E-state index >= 15 is 0 Å². The van der Waals surface area contributed by atoms with E-state index in [1.54, 1.807) is 17.2 Å². The standard InChI is InChI=1S/C16H16N2O3S/c19-14(9-18-11-22-10-15(18)20)17-16(13-7-4-8-21-13)12-5-2-1-3-6-12/h1-8,16H,9-11H2,(H,17,19)/t16-/m1/s1. The van der Waals surface area contributed by atoms with Gasteiger partial charge in [0, 0.05) is 0 Å². The molecular formula is C16H16N2O3S. The predicted molar refractivity (Wildman–Crippen MR) is 84.2 cm³/mol. The smallest absolute Gasteiger partial charge is 0.240 e. The average molecular weight is 316 g/mol. The molecule has 2 heterocycles. The predicted octanol–water partition coefficient (Wildman–Crippen LogP) is 2.02. The minimum Gasteiger partial charge on any atom is -0.467 e. The second kappa shape index (κ2) is 6.70. The SMILES string of the molecule is O=C(CN1CSCC1=O)N[C@H](c1ccccc1)c1ccco1. The van der Waals surface area contributed by atoms with Gasteiger partial charge >= 0.3 is 0 Å². The Morgan fingerprint density at radius 3 is 2.73 bits per heavy atom. The molecule has 1 atom stereocenters. The van der Waals surface area contributed by atoms with Crippen molar-refractivity contribution in [2.45, 2.75) is 6.04 Å². The first-order chi connectivity index (χ1) is 10.7. The number of thioether (sulfide) groups is 1. The lowest BCUT2D eigenvalue weighted by molar-refractivity contribution is -0.132. The highest BCUT2D eigenvalue weighted by atomic mass is 32.2. The number of benzene rings is 1. The maximum Gasteiger partial charge on any atom is 0.240 e. The van der Waals surface area contributed by atoms with Crippen LogP contribution in [-0.2, 0) is 9.59 Å². The Labute approximate surface area is 132 Å². The summed E-state index contributed by atoms with van der Waals surface area (Å²) in [7, 11) is 0. The summed E-state index contributed by atoms with van der Waals surface area (Å²) in [4.78, 5) is 25.4. The van der Waals surface area contributed by atoms with Crippen molar-refractivity contribution >= 4 is 23.6 Å². The van der Waals surface area contributed by atoms with Crippen molar-refractivity contribution in [3.63, 3.8) is 0 Å². The third-order valence-corrected chi connectivity index (χ3v) is 4.37. The summed E-state index contributed by atoms with van der Waals surface area (Å²) in [5, 5.41) is 2.95. The maximum absolute atomic E-state index is 12.3. The molecule has 3 rings (SSSR count). The van der Waals surface area contributed by atoms with Crippen molar-refractivity contribution in [2.75, 3.05) is 18.2 Å². The Hall–Kier alpha value is -2.21. The summed E-state index contributed by atoms with van der Waals surface area (Å²) < 4.78 is 5.44. The van der Waals surface area contributed by atoms with E-state index in [1.807, 2.05) is 36.4 Å². The summed E-state index contributed by atoms with van der Waals surface area (Å²) in [6.07, 6.45) is 1.58. The van der Waals surface area contributed by atoms with Gasteiger partial charge in [0.25, 0.3) is 0 Å². The van der Waals surface area contributed by atoms with Crippen LogP contribution < -0.4 is 5.32 Å². The molecule has 22 heavy (non-hydrogen) atoms. The van der Waals surface area contributed by atoms with Gasteiger partial charge in [-0.2, -0.15) is 0 Å². The normalized spacial score (nSPS) is 15.8. The number of hydrogen-bond donors (Lipinski definition) is 1. The van der Waals surface area contributed by atoms with Gasteiger partial charge in [-0.05, 0) is 17.7 Å². The Balaban J connectivity index is 1.73. The zero-order valence-corrected chi connectivity index (χ0v) is 12.7. The Bertz CT molecular complexity index is 643. The number of carbonyl (C=O) groups excluding carboxylic acids is 2. The van der Waals surface area contributed by atoms with E-state index in [2.05, 4.69) is 5.32 Å². The topological polar surface area (TPSA) is 62.6 Å². The number of rotatable bonds is 5. The first kappa shape index (κ1) is 14.7. The van der Waals surface area contributed by atoms with Crippen molar-refractivity contribution in [3.05, 3.63) is 60.1 Å². The summed E-state index contributed by atoms with van der Waals surface area (Å²) in [5.74, 6) is 1.51. The van der Waals surface area contributed by atoms with Crippen LogP contribution >= 0.6 is 11.8 Å². The van der Waals surface area contributed by atoms with Gasteiger partial charge in [0.15, 0.2) is 0 Å². The van der Waals surface area contributed by atoms with Gasteiger partial charge in [-0.1, -0.05) is 30.3 Å². The highest BCUT2D eigenvalue weighted by molar-refractivity contribution is 8.00. The molecule has 0 radical (unpaired) electrons. The van der Waals surface area contributed by atoms with Crippen LogP contribution in [0.1, 0.15) is 17.4 Å². The summed E-state index contributed by atoms with van der Waals surface area (Å²) >= 11 is 1.52. The molecule has 1 aromatic carbocycles. The largest absolute Gasteiger partial charge is 0.467 e. The van der Waals surface area contributed by atoms with Crippen LogP contribution in [0.2, 0.25) is 0 Å². The fourth-order valence-electron chi connectivity index (χ4n) is 2.34. The number of carbonyl (C=O) groups is 2. The van der Waals surface area contributed by atoms with Gasteiger partial charge in [-0.15, -0.1) is 11.8 Å². The minimum atomic E-state index is -0.353. The van der Waals surface area contributed by atoms with Crippen molar-refractivity contribution in [1.82, 2.24) is 10.2 Å². The fourth-order valence-corrected chi connectivity index (χ4v) is 3.24. The van der Waals surface area contributed by atoms with Gasteiger partial charge in [0.1, 0.15) is 18.3 Å². The molecule has 1 aliphatic rings. The molecule has 1 aromatic heterocycles. The molecule has 0 bridgehead atoms. The number of furan rings is 1. The molecular weight excluding hydrogens is 300 g/mol. The van der Waals surface area contributed by atoms with Gasteiger partial charge in [-0.3, -0.25) is 9.59 Å². The molecule has 1 saturated heterocycles. The molecule has 1 N–H and O–H groups in total. The summed E-state index contributed by atoms with van der Waals surface area (Å²) in [5.41, 5.74) is 0.938. The third kappa shape index (κ3) is 3.33. The molecule has 2 aromatic rings. The van der Waals surface area contributed by atoms with Crippen LogP contribution in [0.4, 0.5) is 0 Å². The van der Waals surface area contributed by atoms with Crippen molar-refractivity contribution in [3.8, 4) is 0 Å². The van der Waals surface area contributed by atoms with Crippen LogP contribution in [-0.4, -0.2) is 34.9 Å². The Morgan fingerprint density at radius 1 is 1.27 bits per heavy atom. The zero-order chi connectivity index (χ0) is 15.4. The van der Waals surface area contributed by atoms with E-state index < -0.39 is 0 Å². The van der Waals surface area contributed by atoms with E-state index in [4.69, 9.17) is 4.42 Å². The first-order valence-corrected chi connectivity index (χ1v) is 8.13. The molecule has 0 unspecified atom stereocenters. The monoisotopic (exact) mass is 316 g/mol. The number of nitrogens with zero attached hydrogens (tertiary/aromatic N) is 1. The molecule has 1 aliphatic heterocycles. The number of nitrogens with one attached hydrogen (secondary N) is 1. The third-order valence-electron chi connectivity index (χ3n) is 3.43.